The van der Waals surface area contributed by atoms with Gasteiger partial charge in [-0.3, -0.25) is 9.78 Å². The largest absolute Gasteiger partial charge is 0.505 e. The highest BCUT2D eigenvalue weighted by molar-refractivity contribution is 6.37. The third kappa shape index (κ3) is 4.82. The molecule has 0 radical (unpaired) electrons. The Labute approximate surface area is 197 Å². The molecule has 0 atom stereocenters. The summed E-state index contributed by atoms with van der Waals surface area (Å²) in [4.78, 5) is 23.2. The number of phenolic OH excluding ortho intramolecular Hbond substituents is 1. The van der Waals surface area contributed by atoms with E-state index in [0.717, 1.165) is 38.5 Å². The van der Waals surface area contributed by atoms with Crippen LogP contribution in [0.3, 0.4) is 0 Å². The number of pyridine rings is 2. The average molecular weight is 473 g/mol. The number of hydrogen-bond acceptors (Lipinski definition) is 6. The molecule has 1 saturated carbocycles. The van der Waals surface area contributed by atoms with Crippen LogP contribution in [0.1, 0.15) is 36.0 Å². The summed E-state index contributed by atoms with van der Waals surface area (Å²) in [5.41, 5.74) is 3.82. The predicted octanol–water partition coefficient (Wildman–Crippen LogP) is 5.65. The van der Waals surface area contributed by atoms with Crippen LogP contribution in [0.5, 0.6) is 5.75 Å². The molecular formula is C24H26Cl2N4O2. The van der Waals surface area contributed by atoms with Crippen molar-refractivity contribution in [3.05, 3.63) is 46.1 Å². The summed E-state index contributed by atoms with van der Waals surface area (Å²) < 4.78 is 0. The number of aromatic nitrogens is 2. The van der Waals surface area contributed by atoms with Gasteiger partial charge in [-0.25, -0.2) is 4.98 Å². The number of benzene rings is 1. The number of phenols is 1. The van der Waals surface area contributed by atoms with E-state index in [1.807, 2.05) is 12.1 Å². The standard InChI is InChI=1S/C24H26Cl2N4O2/c1-30(2)12-14-3-5-17(6-4-14)28-22-16(13-31)11-27-21-8-7-20(29-23(21)22)15-9-18(25)24(32)19(26)10-15/h7-11,13-14,17,32H,3-6,12H2,1-2H3,(H,27,28)/t14-,17-. The van der Waals surface area contributed by atoms with Gasteiger partial charge >= 0.3 is 0 Å². The van der Waals surface area contributed by atoms with E-state index in [-0.39, 0.29) is 21.8 Å². The van der Waals surface area contributed by atoms with E-state index in [0.29, 0.717) is 39.5 Å². The van der Waals surface area contributed by atoms with Gasteiger partial charge in [-0.1, -0.05) is 23.2 Å². The minimum absolute atomic E-state index is 0.155. The van der Waals surface area contributed by atoms with Gasteiger partial charge in [0.2, 0.25) is 0 Å². The highest BCUT2D eigenvalue weighted by atomic mass is 35.5. The maximum Gasteiger partial charge on any atom is 0.153 e. The lowest BCUT2D eigenvalue weighted by Crippen LogP contribution is -2.31. The number of aromatic hydroxyl groups is 1. The molecule has 0 spiro atoms. The van der Waals surface area contributed by atoms with E-state index in [9.17, 15) is 9.90 Å². The molecule has 4 rings (SSSR count). The fraction of sp³-hybridized carbons (Fsp3) is 0.375. The third-order valence-corrected chi connectivity index (χ3v) is 6.58. The normalized spacial score (nSPS) is 18.8. The molecule has 0 bridgehead atoms. The Bertz CT molecular complexity index is 1120. The molecular weight excluding hydrogens is 447 g/mol. The van der Waals surface area contributed by atoms with Gasteiger partial charge in [-0.15, -0.1) is 0 Å². The van der Waals surface area contributed by atoms with Gasteiger partial charge in [0.15, 0.2) is 12.0 Å². The van der Waals surface area contributed by atoms with Gasteiger partial charge in [-0.05, 0) is 70.0 Å². The number of carbonyl (C=O) groups excluding carboxylic acids is 1. The Hall–Kier alpha value is -2.41. The molecule has 6 nitrogen and oxygen atoms in total. The molecule has 1 aliphatic carbocycles. The summed E-state index contributed by atoms with van der Waals surface area (Å²) >= 11 is 12.2. The first kappa shape index (κ1) is 22.8. The average Bonchev–Trinajstić information content (AvgIpc) is 2.78. The highest BCUT2D eigenvalue weighted by Crippen LogP contribution is 2.37. The van der Waals surface area contributed by atoms with Gasteiger partial charge in [-0.2, -0.15) is 0 Å². The minimum Gasteiger partial charge on any atom is -0.505 e. The summed E-state index contributed by atoms with van der Waals surface area (Å²) in [6.45, 7) is 1.10. The summed E-state index contributed by atoms with van der Waals surface area (Å²) in [5.74, 6) is 0.548. The van der Waals surface area contributed by atoms with Crippen molar-refractivity contribution in [2.24, 2.45) is 5.92 Å². The first-order chi connectivity index (χ1) is 15.4. The molecule has 0 amide bonds. The number of anilines is 1. The number of hydrogen-bond donors (Lipinski definition) is 2. The van der Waals surface area contributed by atoms with Crippen LogP contribution < -0.4 is 5.32 Å². The number of carbonyl (C=O) groups is 1. The Morgan fingerprint density at radius 1 is 1.16 bits per heavy atom. The van der Waals surface area contributed by atoms with E-state index >= 15 is 0 Å². The van der Waals surface area contributed by atoms with Crippen LogP contribution in [-0.4, -0.2) is 52.9 Å². The summed E-state index contributed by atoms with van der Waals surface area (Å²) in [6, 6.07) is 7.20. The maximum absolute atomic E-state index is 11.8. The van der Waals surface area contributed by atoms with E-state index in [1.54, 1.807) is 18.3 Å². The van der Waals surface area contributed by atoms with Crippen molar-refractivity contribution in [3.8, 4) is 17.0 Å². The van der Waals surface area contributed by atoms with Gasteiger partial charge < -0.3 is 15.3 Å². The Morgan fingerprint density at radius 3 is 2.47 bits per heavy atom. The van der Waals surface area contributed by atoms with Crippen molar-refractivity contribution in [2.75, 3.05) is 26.0 Å². The van der Waals surface area contributed by atoms with Crippen LogP contribution in [0.25, 0.3) is 22.3 Å². The summed E-state index contributed by atoms with van der Waals surface area (Å²) in [6.07, 6.45) is 6.80. The quantitative estimate of drug-likeness (QED) is 0.451. The van der Waals surface area contributed by atoms with Crippen molar-refractivity contribution >= 4 is 46.2 Å². The second-order valence-electron chi connectivity index (χ2n) is 8.68. The van der Waals surface area contributed by atoms with Crippen LogP contribution in [0.2, 0.25) is 10.0 Å². The molecule has 0 aliphatic heterocycles. The van der Waals surface area contributed by atoms with Crippen molar-refractivity contribution < 1.29 is 9.90 Å². The number of nitrogens with one attached hydrogen (secondary N) is 1. The van der Waals surface area contributed by atoms with Gasteiger partial charge in [0.25, 0.3) is 0 Å². The maximum atomic E-state index is 11.8. The molecule has 8 heteroatoms. The molecule has 1 aromatic carbocycles. The zero-order valence-electron chi connectivity index (χ0n) is 18.1. The zero-order valence-corrected chi connectivity index (χ0v) is 19.6. The van der Waals surface area contributed by atoms with E-state index in [1.165, 1.54) is 0 Å². The third-order valence-electron chi connectivity index (χ3n) is 6.00. The van der Waals surface area contributed by atoms with Gasteiger partial charge in [0.05, 0.1) is 32.5 Å². The first-order valence-corrected chi connectivity index (χ1v) is 11.5. The van der Waals surface area contributed by atoms with E-state index < -0.39 is 0 Å². The predicted molar refractivity (Wildman–Crippen MR) is 130 cm³/mol. The first-order valence-electron chi connectivity index (χ1n) is 10.7. The van der Waals surface area contributed by atoms with Crippen LogP contribution in [0, 0.1) is 5.92 Å². The second kappa shape index (κ2) is 9.61. The molecule has 3 aromatic rings. The zero-order chi connectivity index (χ0) is 22.8. The van der Waals surface area contributed by atoms with Gasteiger partial charge in [0, 0.05) is 24.3 Å². The molecule has 2 heterocycles. The minimum atomic E-state index is -0.157. The lowest BCUT2D eigenvalue weighted by molar-refractivity contribution is 0.112. The lowest BCUT2D eigenvalue weighted by Gasteiger charge is -2.31. The number of fused-ring (bicyclic) bond motifs is 1. The molecule has 168 valence electrons. The number of rotatable bonds is 6. The van der Waals surface area contributed by atoms with E-state index in [2.05, 4.69) is 29.3 Å². The van der Waals surface area contributed by atoms with Crippen LogP contribution in [-0.2, 0) is 0 Å². The number of halogens is 2. The Kier molecular flexibility index (Phi) is 6.84. The Balaban J connectivity index is 1.67. The van der Waals surface area contributed by atoms with Crippen molar-refractivity contribution in [3.63, 3.8) is 0 Å². The lowest BCUT2D eigenvalue weighted by atomic mass is 9.85. The second-order valence-corrected chi connectivity index (χ2v) is 9.50. The van der Waals surface area contributed by atoms with E-state index in [4.69, 9.17) is 28.2 Å². The molecule has 0 saturated heterocycles. The number of aldehydes is 1. The fourth-order valence-electron chi connectivity index (χ4n) is 4.41. The van der Waals surface area contributed by atoms with Crippen LogP contribution in [0.15, 0.2) is 30.5 Å². The molecule has 2 aromatic heterocycles. The smallest absolute Gasteiger partial charge is 0.153 e. The summed E-state index contributed by atoms with van der Waals surface area (Å²) in [7, 11) is 4.23. The summed E-state index contributed by atoms with van der Waals surface area (Å²) in [5, 5.41) is 13.8. The molecule has 0 unspecified atom stereocenters. The number of nitrogens with zero attached hydrogens (tertiary/aromatic N) is 3. The molecule has 32 heavy (non-hydrogen) atoms. The molecule has 1 aliphatic rings. The monoisotopic (exact) mass is 472 g/mol. The van der Waals surface area contributed by atoms with Crippen LogP contribution in [0.4, 0.5) is 5.69 Å². The van der Waals surface area contributed by atoms with Gasteiger partial charge in [0.1, 0.15) is 5.52 Å². The van der Waals surface area contributed by atoms with Crippen molar-refractivity contribution in [1.29, 1.82) is 0 Å². The topological polar surface area (TPSA) is 78.4 Å². The van der Waals surface area contributed by atoms with Crippen molar-refractivity contribution in [2.45, 2.75) is 31.7 Å². The van der Waals surface area contributed by atoms with Crippen LogP contribution >= 0.6 is 23.2 Å². The highest BCUT2D eigenvalue weighted by Gasteiger charge is 2.23. The fourth-order valence-corrected chi connectivity index (χ4v) is 4.89. The Morgan fingerprint density at radius 2 is 1.84 bits per heavy atom. The molecule has 2 N–H and O–H groups in total. The SMILES string of the molecule is CN(C)C[C@H]1CC[C@H](Nc2c(C=O)cnc3ccc(-c4cc(Cl)c(O)c(Cl)c4)nc23)CC1. The van der Waals surface area contributed by atoms with Crippen molar-refractivity contribution in [1.82, 2.24) is 14.9 Å². The molecule has 1 fully saturated rings.